The van der Waals surface area contributed by atoms with Crippen LogP contribution in [0.1, 0.15) is 65.0 Å². The first-order valence-corrected chi connectivity index (χ1v) is 28.2. The molecule has 7 aromatic carbocycles. The zero-order valence-electron chi connectivity index (χ0n) is 46.8. The van der Waals surface area contributed by atoms with Crippen LogP contribution >= 0.6 is 0 Å². The second kappa shape index (κ2) is 29.9. The van der Waals surface area contributed by atoms with Gasteiger partial charge in [-0.2, -0.15) is 0 Å². The molecule has 15 atom stereocenters. The molecule has 0 amide bonds. The maximum atomic E-state index is 14.4. The van der Waals surface area contributed by atoms with Crippen LogP contribution in [0.3, 0.4) is 0 Å². The summed E-state index contributed by atoms with van der Waals surface area (Å²) in [5.41, 5.74) is 2.91. The first-order chi connectivity index (χ1) is 42.0. The molecule has 3 heterocycles. The Bertz CT molecular complexity index is 3220. The highest BCUT2D eigenvalue weighted by molar-refractivity contribution is 5.91. The highest BCUT2D eigenvalue weighted by Crippen LogP contribution is 2.38. The highest BCUT2D eigenvalue weighted by Gasteiger charge is 2.57. The minimum absolute atomic E-state index is 0.0125. The summed E-state index contributed by atoms with van der Waals surface area (Å²) in [5, 5.41) is 36.2. The van der Waals surface area contributed by atoms with Gasteiger partial charge in [0.25, 0.3) is 0 Å². The van der Waals surface area contributed by atoms with E-state index in [1.807, 2.05) is 91.0 Å². The molecule has 448 valence electrons. The van der Waals surface area contributed by atoms with Crippen LogP contribution in [-0.4, -0.2) is 145 Å². The summed E-state index contributed by atoms with van der Waals surface area (Å²) in [5.74, 6) is -3.50. The van der Waals surface area contributed by atoms with Crippen molar-refractivity contribution in [1.82, 2.24) is 0 Å². The van der Waals surface area contributed by atoms with Gasteiger partial charge >= 0.3 is 23.9 Å². The van der Waals surface area contributed by atoms with E-state index in [2.05, 4.69) is 0 Å². The number of carbonyl (C=O) groups excluding carboxylic acids is 4. The highest BCUT2D eigenvalue weighted by atomic mass is 16.8. The van der Waals surface area contributed by atoms with Gasteiger partial charge in [0.05, 0.1) is 48.2 Å². The molecule has 0 radical (unpaired) electrons. The Hall–Kier alpha value is -8.02. The van der Waals surface area contributed by atoms with Gasteiger partial charge in [0.1, 0.15) is 68.1 Å². The Morgan fingerprint density at radius 2 is 0.721 bits per heavy atom. The average Bonchev–Trinajstić information content (AvgIpc) is 1.30. The van der Waals surface area contributed by atoms with Gasteiger partial charge in [0, 0.05) is 0 Å². The third-order valence-corrected chi connectivity index (χ3v) is 14.7. The number of benzene rings is 7. The van der Waals surface area contributed by atoms with Gasteiger partial charge in [-0.15, -0.1) is 0 Å². The predicted molar refractivity (Wildman–Crippen MR) is 305 cm³/mol. The Kier molecular flexibility index (Phi) is 21.2. The first kappa shape index (κ1) is 61.1. The van der Waals surface area contributed by atoms with Crippen LogP contribution in [0.2, 0.25) is 0 Å². The minimum atomic E-state index is -2.07. The lowest BCUT2D eigenvalue weighted by Gasteiger charge is -2.50. The van der Waals surface area contributed by atoms with Crippen molar-refractivity contribution in [3.63, 3.8) is 0 Å². The zero-order valence-corrected chi connectivity index (χ0v) is 46.8. The lowest BCUT2D eigenvalue weighted by molar-refractivity contribution is -0.386. The molecule has 0 aliphatic carbocycles. The number of hydrogen-bond acceptors (Lipinski definition) is 19. The van der Waals surface area contributed by atoms with Gasteiger partial charge in [0.15, 0.2) is 31.1 Å². The zero-order chi connectivity index (χ0) is 59.8. The molecule has 0 saturated carbocycles. The summed E-state index contributed by atoms with van der Waals surface area (Å²) in [4.78, 5) is 55.5. The van der Waals surface area contributed by atoms with Crippen molar-refractivity contribution >= 4 is 23.9 Å². The number of hydrogen-bond donors (Lipinski definition) is 3. The molecule has 3 aliphatic rings. The fraction of sp³-hybridized carbons (Fsp3) is 0.313. The van der Waals surface area contributed by atoms with Crippen LogP contribution in [0.25, 0.3) is 0 Å². The summed E-state index contributed by atoms with van der Waals surface area (Å²) in [7, 11) is 0. The van der Waals surface area contributed by atoms with Crippen molar-refractivity contribution in [2.45, 2.75) is 119 Å². The Morgan fingerprint density at radius 1 is 0.360 bits per heavy atom. The van der Waals surface area contributed by atoms with Gasteiger partial charge in [-0.3, -0.25) is 0 Å². The van der Waals surface area contributed by atoms with Crippen LogP contribution in [0.15, 0.2) is 212 Å². The van der Waals surface area contributed by atoms with Crippen molar-refractivity contribution in [3.05, 3.63) is 251 Å². The van der Waals surface area contributed by atoms with E-state index in [-0.39, 0.29) is 42.1 Å². The quantitative estimate of drug-likeness (QED) is 0.0413. The van der Waals surface area contributed by atoms with Gasteiger partial charge in [0.2, 0.25) is 0 Å². The number of ether oxygens (including phenoxy) is 12. The molecule has 19 nitrogen and oxygen atoms in total. The van der Waals surface area contributed by atoms with Crippen molar-refractivity contribution in [1.29, 1.82) is 0 Å². The third-order valence-electron chi connectivity index (χ3n) is 14.7. The summed E-state index contributed by atoms with van der Waals surface area (Å²) in [6.07, 6.45) is -23.8. The molecule has 19 heteroatoms. The first-order valence-electron chi connectivity index (χ1n) is 28.2. The standard InChI is InChI=1S/C67H66O19/c1-42-54(75-37-43-23-9-2-10-24-43)57(76-38-44-25-11-3-12-26-44)60(77-39-45-27-13-4-14-28-45)67(80-42)86-58-55(51(41-79-62(71)47-31-17-6-18-32-47)81-65(74)59(58)84-64(73)49-35-21-8-22-36-49)85-66-56(83-63(72)48-33-19-7-20-34-48)53(69)52(68)50(82-66)40-78-61(70)46-29-15-5-16-30-46/h2-36,42,50-60,65-69,74H,37-41H2,1H3/t42-,50+,51+,52-,53-,54+,55+,56+,57+,58-,59+,60-,65+,66-,67?/m0/s1. The minimum Gasteiger partial charge on any atom is -0.459 e. The largest absolute Gasteiger partial charge is 0.459 e. The van der Waals surface area contributed by atoms with E-state index in [0.717, 1.165) is 16.7 Å². The Balaban J connectivity index is 1.07. The van der Waals surface area contributed by atoms with Crippen LogP contribution in [0.4, 0.5) is 0 Å². The number of rotatable bonds is 23. The van der Waals surface area contributed by atoms with Crippen LogP contribution < -0.4 is 0 Å². The van der Waals surface area contributed by atoms with Gasteiger partial charge in [-0.05, 0) is 72.1 Å². The number of aliphatic hydroxyl groups is 3. The van der Waals surface area contributed by atoms with E-state index in [1.54, 1.807) is 79.7 Å². The molecular formula is C67H66O19. The maximum absolute atomic E-state index is 14.4. The van der Waals surface area contributed by atoms with E-state index in [1.165, 1.54) is 48.5 Å². The number of esters is 4. The van der Waals surface area contributed by atoms with Gasteiger partial charge < -0.3 is 72.2 Å². The van der Waals surface area contributed by atoms with Gasteiger partial charge in [-0.25, -0.2) is 19.2 Å². The van der Waals surface area contributed by atoms with Crippen LogP contribution in [-0.2, 0) is 76.7 Å². The summed E-state index contributed by atoms with van der Waals surface area (Å²) in [6, 6.07) is 60.1. The monoisotopic (exact) mass is 1170 g/mol. The van der Waals surface area contributed by atoms with E-state index in [9.17, 15) is 34.5 Å². The second-order valence-electron chi connectivity index (χ2n) is 20.7. The Labute approximate surface area is 496 Å². The SMILES string of the molecule is C[C@@H]1OC(O[C@@H]2[C@@H](OC(=O)c3ccccc3)[C@H](O)O[C@H](COC(=O)c3ccccc3)[C@H]2O[C@@H]2O[C@H](COC(=O)c3ccccc3)[C@H](O)[C@H](O)[C@H]2OC(=O)c2ccccc2)[C@@H](OCc2ccccc2)[C@H](OCc2ccccc2)[C@@H]1OCc1ccccc1. The predicted octanol–water partition coefficient (Wildman–Crippen LogP) is 7.59. The van der Waals surface area contributed by atoms with Gasteiger partial charge in [-0.1, -0.05) is 164 Å². The van der Waals surface area contributed by atoms with Crippen molar-refractivity contribution < 1.29 is 91.3 Å². The lowest BCUT2D eigenvalue weighted by atomic mass is 9.95. The summed E-state index contributed by atoms with van der Waals surface area (Å²) >= 11 is 0. The molecule has 7 aromatic rings. The second-order valence-corrected chi connectivity index (χ2v) is 20.7. The van der Waals surface area contributed by atoms with Crippen LogP contribution in [0, 0.1) is 0 Å². The fourth-order valence-electron chi connectivity index (χ4n) is 10.2. The average molecular weight is 1180 g/mol. The molecule has 3 fully saturated rings. The summed E-state index contributed by atoms with van der Waals surface area (Å²) < 4.78 is 77.8. The lowest BCUT2D eigenvalue weighted by Crippen LogP contribution is -2.68. The molecule has 86 heavy (non-hydrogen) atoms. The normalized spacial score (nSPS) is 27.2. The van der Waals surface area contributed by atoms with E-state index >= 15 is 0 Å². The van der Waals surface area contributed by atoms with E-state index in [0.29, 0.717) is 0 Å². The molecule has 0 bridgehead atoms. The smallest absolute Gasteiger partial charge is 0.338 e. The Morgan fingerprint density at radius 3 is 1.17 bits per heavy atom. The van der Waals surface area contributed by atoms with Crippen molar-refractivity contribution in [3.8, 4) is 0 Å². The molecule has 1 unspecified atom stereocenters. The fourth-order valence-corrected chi connectivity index (χ4v) is 10.2. The number of carbonyl (C=O) groups is 4. The molecule has 3 saturated heterocycles. The van der Waals surface area contributed by atoms with Crippen molar-refractivity contribution in [2.24, 2.45) is 0 Å². The molecule has 3 aliphatic heterocycles. The van der Waals surface area contributed by atoms with E-state index in [4.69, 9.17) is 56.8 Å². The van der Waals surface area contributed by atoms with Crippen molar-refractivity contribution in [2.75, 3.05) is 13.2 Å². The molecule has 0 aromatic heterocycles. The van der Waals surface area contributed by atoms with Crippen LogP contribution in [0.5, 0.6) is 0 Å². The topological polar surface area (TPSA) is 240 Å². The molecule has 0 spiro atoms. The number of aliphatic hydroxyl groups excluding tert-OH is 3. The maximum Gasteiger partial charge on any atom is 0.338 e. The molecular weight excluding hydrogens is 1110 g/mol. The summed E-state index contributed by atoms with van der Waals surface area (Å²) in [6.45, 7) is 0.631. The molecule has 10 rings (SSSR count). The molecule has 3 N–H and O–H groups in total. The third kappa shape index (κ3) is 15.7. The van der Waals surface area contributed by atoms with E-state index < -0.39 is 129 Å².